The van der Waals surface area contributed by atoms with Gasteiger partial charge < -0.3 is 19.3 Å². The van der Waals surface area contributed by atoms with E-state index in [0.717, 1.165) is 11.3 Å². The molecule has 3 rings (SSSR count). The number of hydrogen-bond acceptors (Lipinski definition) is 4. The summed E-state index contributed by atoms with van der Waals surface area (Å²) in [4.78, 5) is 0. The molecule has 18 heavy (non-hydrogen) atoms. The van der Waals surface area contributed by atoms with E-state index in [2.05, 4.69) is 0 Å². The van der Waals surface area contributed by atoms with Gasteiger partial charge in [0.1, 0.15) is 11.5 Å². The molecule has 4 nitrogen and oxygen atoms in total. The standard InChI is InChI=1S/C14H12O4/c1-16-10-4-2-9(3-5-10)11-6-13-14(7-12(11)15)18-8-17-13/h2-7,15H,8H2,1H3. The quantitative estimate of drug-likeness (QED) is 0.882. The molecule has 4 heteroatoms. The Hall–Kier alpha value is -2.36. The van der Waals surface area contributed by atoms with Crippen LogP contribution < -0.4 is 14.2 Å². The van der Waals surface area contributed by atoms with Gasteiger partial charge in [0.15, 0.2) is 11.5 Å². The summed E-state index contributed by atoms with van der Waals surface area (Å²) < 4.78 is 15.6. The highest BCUT2D eigenvalue weighted by molar-refractivity contribution is 5.74. The van der Waals surface area contributed by atoms with Crippen LogP contribution in [0.3, 0.4) is 0 Å². The summed E-state index contributed by atoms with van der Waals surface area (Å²) in [6.45, 7) is 0.195. The molecule has 2 aromatic rings. The monoisotopic (exact) mass is 244 g/mol. The lowest BCUT2D eigenvalue weighted by Crippen LogP contribution is -1.92. The van der Waals surface area contributed by atoms with E-state index in [1.54, 1.807) is 19.2 Å². The third kappa shape index (κ3) is 1.72. The fourth-order valence-corrected chi connectivity index (χ4v) is 1.93. The van der Waals surface area contributed by atoms with Crippen LogP contribution in [0.15, 0.2) is 36.4 Å². The van der Waals surface area contributed by atoms with Gasteiger partial charge in [-0.1, -0.05) is 12.1 Å². The third-order valence-corrected chi connectivity index (χ3v) is 2.89. The summed E-state index contributed by atoms with van der Waals surface area (Å²) in [5.41, 5.74) is 1.61. The number of hydrogen-bond donors (Lipinski definition) is 1. The van der Waals surface area contributed by atoms with Crippen molar-refractivity contribution < 1.29 is 19.3 Å². The van der Waals surface area contributed by atoms with E-state index < -0.39 is 0 Å². The van der Waals surface area contributed by atoms with Crippen LogP contribution in [0.1, 0.15) is 0 Å². The topological polar surface area (TPSA) is 47.9 Å². The number of phenols is 1. The molecule has 0 radical (unpaired) electrons. The highest BCUT2D eigenvalue weighted by atomic mass is 16.7. The Balaban J connectivity index is 2.05. The first-order valence-electron chi connectivity index (χ1n) is 5.55. The van der Waals surface area contributed by atoms with Gasteiger partial charge in [-0.15, -0.1) is 0 Å². The second-order valence-corrected chi connectivity index (χ2v) is 3.95. The van der Waals surface area contributed by atoms with Crippen LogP contribution >= 0.6 is 0 Å². The van der Waals surface area contributed by atoms with Gasteiger partial charge in [0.05, 0.1) is 7.11 Å². The van der Waals surface area contributed by atoms with Crippen molar-refractivity contribution in [1.29, 1.82) is 0 Å². The lowest BCUT2D eigenvalue weighted by molar-refractivity contribution is 0.174. The molecule has 0 bridgehead atoms. The predicted molar refractivity (Wildman–Crippen MR) is 66.2 cm³/mol. The summed E-state index contributed by atoms with van der Waals surface area (Å²) in [5.74, 6) is 2.17. The summed E-state index contributed by atoms with van der Waals surface area (Å²) in [7, 11) is 1.62. The minimum absolute atomic E-state index is 0.171. The Bertz CT molecular complexity index is 575. The Morgan fingerprint density at radius 2 is 1.72 bits per heavy atom. The maximum Gasteiger partial charge on any atom is 0.231 e. The zero-order valence-corrected chi connectivity index (χ0v) is 9.84. The van der Waals surface area contributed by atoms with Crippen molar-refractivity contribution in [3.63, 3.8) is 0 Å². The molecule has 0 aromatic heterocycles. The fourth-order valence-electron chi connectivity index (χ4n) is 1.93. The van der Waals surface area contributed by atoms with E-state index in [-0.39, 0.29) is 12.5 Å². The molecule has 0 spiro atoms. The molecule has 0 unspecified atom stereocenters. The van der Waals surface area contributed by atoms with Gasteiger partial charge in [-0.05, 0) is 23.8 Å². The summed E-state index contributed by atoms with van der Waals surface area (Å²) in [6, 6.07) is 10.8. The van der Waals surface area contributed by atoms with E-state index in [1.165, 1.54) is 0 Å². The Kier molecular flexibility index (Phi) is 2.48. The van der Waals surface area contributed by atoms with E-state index in [4.69, 9.17) is 14.2 Å². The summed E-state index contributed by atoms with van der Waals surface area (Å²) in [6.07, 6.45) is 0. The van der Waals surface area contributed by atoms with Crippen LogP contribution in [0.25, 0.3) is 11.1 Å². The number of benzene rings is 2. The first-order chi connectivity index (χ1) is 8.78. The van der Waals surface area contributed by atoms with Crippen molar-refractivity contribution in [2.75, 3.05) is 13.9 Å². The molecule has 0 amide bonds. The van der Waals surface area contributed by atoms with Gasteiger partial charge in [0.25, 0.3) is 0 Å². The zero-order chi connectivity index (χ0) is 12.5. The largest absolute Gasteiger partial charge is 0.507 e. The van der Waals surface area contributed by atoms with Crippen molar-refractivity contribution >= 4 is 0 Å². The van der Waals surface area contributed by atoms with E-state index >= 15 is 0 Å². The Morgan fingerprint density at radius 3 is 2.39 bits per heavy atom. The van der Waals surface area contributed by atoms with Gasteiger partial charge in [0.2, 0.25) is 6.79 Å². The molecule has 1 aliphatic heterocycles. The molecular weight excluding hydrogens is 232 g/mol. The zero-order valence-electron chi connectivity index (χ0n) is 9.84. The number of methoxy groups -OCH3 is 1. The third-order valence-electron chi connectivity index (χ3n) is 2.89. The summed E-state index contributed by atoms with van der Waals surface area (Å²) >= 11 is 0. The predicted octanol–water partition coefficient (Wildman–Crippen LogP) is 2.80. The Labute approximate surface area is 104 Å². The minimum atomic E-state index is 0.171. The van der Waals surface area contributed by atoms with Crippen LogP contribution in [0, 0.1) is 0 Å². The van der Waals surface area contributed by atoms with Crippen LogP contribution in [-0.4, -0.2) is 19.0 Å². The first-order valence-corrected chi connectivity index (χ1v) is 5.55. The number of ether oxygens (including phenoxy) is 3. The highest BCUT2D eigenvalue weighted by Gasteiger charge is 2.17. The number of rotatable bonds is 2. The van der Waals surface area contributed by atoms with Crippen LogP contribution in [0.2, 0.25) is 0 Å². The smallest absolute Gasteiger partial charge is 0.231 e. The molecule has 1 heterocycles. The van der Waals surface area contributed by atoms with Gasteiger partial charge in [-0.2, -0.15) is 0 Å². The van der Waals surface area contributed by atoms with Crippen LogP contribution in [0.5, 0.6) is 23.0 Å². The van der Waals surface area contributed by atoms with E-state index in [0.29, 0.717) is 17.1 Å². The average Bonchev–Trinajstić information content (AvgIpc) is 2.85. The SMILES string of the molecule is COc1ccc(-c2cc3c(cc2O)OCO3)cc1. The maximum absolute atomic E-state index is 9.99. The van der Waals surface area contributed by atoms with Crippen molar-refractivity contribution in [2.24, 2.45) is 0 Å². The average molecular weight is 244 g/mol. The molecule has 0 atom stereocenters. The second-order valence-electron chi connectivity index (χ2n) is 3.95. The molecule has 2 aromatic carbocycles. The number of aromatic hydroxyl groups is 1. The van der Waals surface area contributed by atoms with Crippen molar-refractivity contribution in [2.45, 2.75) is 0 Å². The van der Waals surface area contributed by atoms with Crippen molar-refractivity contribution in [3.05, 3.63) is 36.4 Å². The Morgan fingerprint density at radius 1 is 1.06 bits per heavy atom. The van der Waals surface area contributed by atoms with E-state index in [9.17, 15) is 5.11 Å². The molecule has 92 valence electrons. The molecule has 1 aliphatic rings. The highest BCUT2D eigenvalue weighted by Crippen LogP contribution is 2.42. The van der Waals surface area contributed by atoms with Crippen LogP contribution in [-0.2, 0) is 0 Å². The number of fused-ring (bicyclic) bond motifs is 1. The molecule has 0 aliphatic carbocycles. The summed E-state index contributed by atoms with van der Waals surface area (Å²) in [5, 5.41) is 9.99. The minimum Gasteiger partial charge on any atom is -0.507 e. The molecule has 0 saturated carbocycles. The molecule has 0 saturated heterocycles. The van der Waals surface area contributed by atoms with E-state index in [1.807, 2.05) is 24.3 Å². The fraction of sp³-hybridized carbons (Fsp3) is 0.143. The maximum atomic E-state index is 9.99. The molecule has 0 fully saturated rings. The van der Waals surface area contributed by atoms with Crippen molar-refractivity contribution in [3.8, 4) is 34.1 Å². The van der Waals surface area contributed by atoms with Gasteiger partial charge in [0, 0.05) is 11.6 Å². The van der Waals surface area contributed by atoms with Gasteiger partial charge in [-0.3, -0.25) is 0 Å². The number of phenolic OH excluding ortho intramolecular Hbond substituents is 1. The van der Waals surface area contributed by atoms with Crippen LogP contribution in [0.4, 0.5) is 0 Å². The second kappa shape index (κ2) is 4.14. The normalized spacial score (nSPS) is 12.5. The lowest BCUT2D eigenvalue weighted by Gasteiger charge is -2.07. The van der Waals surface area contributed by atoms with Gasteiger partial charge in [-0.25, -0.2) is 0 Å². The van der Waals surface area contributed by atoms with Gasteiger partial charge >= 0.3 is 0 Å². The first kappa shape index (κ1) is 10.8. The van der Waals surface area contributed by atoms with Crippen molar-refractivity contribution in [1.82, 2.24) is 0 Å². The molecular formula is C14H12O4. The lowest BCUT2D eigenvalue weighted by atomic mass is 10.0. The molecule has 1 N–H and O–H groups in total.